The summed E-state index contributed by atoms with van der Waals surface area (Å²) in [4.78, 5) is 12.2. The number of hydrogen-bond donors (Lipinski definition) is 2. The minimum atomic E-state index is -0.474. The first kappa shape index (κ1) is 18.6. The van der Waals surface area contributed by atoms with Gasteiger partial charge in [-0.25, -0.2) is 0 Å². The number of rotatable bonds is 6. The number of carbonyl (C=O) groups excluding carboxylic acids is 1. The molecule has 5 heteroatoms. The fourth-order valence-electron chi connectivity index (χ4n) is 2.31. The fourth-order valence-corrected chi connectivity index (χ4v) is 2.43. The average molecular weight is 354 g/mol. The fraction of sp³-hybridized carbons (Fsp3) is 0.200. The highest BCUT2D eigenvalue weighted by Crippen LogP contribution is 2.26. The SMILES string of the molecule is CCC(C)c1ccccc1N/C=C(/C#N)C(=O)Nc1ccc(Cl)cc1. The maximum Gasteiger partial charge on any atom is 0.267 e. The summed E-state index contributed by atoms with van der Waals surface area (Å²) in [5.74, 6) is -0.0936. The summed E-state index contributed by atoms with van der Waals surface area (Å²) >= 11 is 5.82. The molecule has 4 nitrogen and oxygen atoms in total. The van der Waals surface area contributed by atoms with Gasteiger partial charge in [0.25, 0.3) is 5.91 Å². The quantitative estimate of drug-likeness (QED) is 0.546. The van der Waals surface area contributed by atoms with Crippen LogP contribution in [0.25, 0.3) is 0 Å². The molecule has 0 aliphatic rings. The number of anilines is 2. The molecule has 2 N–H and O–H groups in total. The second kappa shape index (κ2) is 8.91. The van der Waals surface area contributed by atoms with Crippen molar-refractivity contribution in [3.05, 3.63) is 70.9 Å². The van der Waals surface area contributed by atoms with Crippen molar-refractivity contribution in [1.82, 2.24) is 0 Å². The number of hydrogen-bond acceptors (Lipinski definition) is 3. The van der Waals surface area contributed by atoms with E-state index in [4.69, 9.17) is 11.6 Å². The van der Waals surface area contributed by atoms with Gasteiger partial charge in [-0.1, -0.05) is 43.6 Å². The maximum atomic E-state index is 12.2. The Bertz CT molecular complexity index is 806. The topological polar surface area (TPSA) is 64.9 Å². The third-order valence-electron chi connectivity index (χ3n) is 3.94. The number of amides is 1. The average Bonchev–Trinajstić information content (AvgIpc) is 2.64. The lowest BCUT2D eigenvalue weighted by atomic mass is 9.97. The Morgan fingerprint density at radius 1 is 1.24 bits per heavy atom. The minimum absolute atomic E-state index is 0.00564. The highest BCUT2D eigenvalue weighted by molar-refractivity contribution is 6.30. The predicted molar refractivity (Wildman–Crippen MR) is 103 cm³/mol. The summed E-state index contributed by atoms with van der Waals surface area (Å²) in [6, 6.07) is 16.5. The van der Waals surface area contributed by atoms with Crippen LogP contribution < -0.4 is 10.6 Å². The largest absolute Gasteiger partial charge is 0.360 e. The molecule has 25 heavy (non-hydrogen) atoms. The van der Waals surface area contributed by atoms with E-state index < -0.39 is 5.91 Å². The maximum absolute atomic E-state index is 12.2. The Balaban J connectivity index is 2.14. The number of para-hydroxylation sites is 1. The van der Waals surface area contributed by atoms with E-state index in [0.29, 0.717) is 16.6 Å². The normalized spacial score (nSPS) is 12.2. The van der Waals surface area contributed by atoms with E-state index in [0.717, 1.165) is 17.7 Å². The number of nitrogens with one attached hydrogen (secondary N) is 2. The molecule has 1 atom stereocenters. The van der Waals surface area contributed by atoms with Crippen molar-refractivity contribution in [2.75, 3.05) is 10.6 Å². The van der Waals surface area contributed by atoms with Crippen molar-refractivity contribution < 1.29 is 4.79 Å². The third-order valence-corrected chi connectivity index (χ3v) is 4.20. The molecule has 128 valence electrons. The smallest absolute Gasteiger partial charge is 0.267 e. The molecule has 0 radical (unpaired) electrons. The van der Waals surface area contributed by atoms with Crippen molar-refractivity contribution in [3.63, 3.8) is 0 Å². The van der Waals surface area contributed by atoms with Gasteiger partial charge in [0, 0.05) is 22.6 Å². The molecule has 1 unspecified atom stereocenters. The minimum Gasteiger partial charge on any atom is -0.360 e. The Labute approximate surface area is 153 Å². The molecule has 2 rings (SSSR count). The van der Waals surface area contributed by atoms with Crippen LogP contribution in [0, 0.1) is 11.3 Å². The van der Waals surface area contributed by atoms with E-state index in [1.165, 1.54) is 6.20 Å². The molecule has 0 bridgehead atoms. The molecule has 2 aromatic rings. The van der Waals surface area contributed by atoms with Gasteiger partial charge >= 0.3 is 0 Å². The Kier molecular flexibility index (Phi) is 6.62. The molecule has 0 spiro atoms. The first-order valence-corrected chi connectivity index (χ1v) is 8.45. The third kappa shape index (κ3) is 5.10. The van der Waals surface area contributed by atoms with Crippen LogP contribution in [0.2, 0.25) is 5.02 Å². The summed E-state index contributed by atoms with van der Waals surface area (Å²) in [6.45, 7) is 4.26. The van der Waals surface area contributed by atoms with Gasteiger partial charge in [0.2, 0.25) is 0 Å². The van der Waals surface area contributed by atoms with E-state index in [9.17, 15) is 10.1 Å². The molecule has 1 amide bonds. The zero-order valence-corrected chi connectivity index (χ0v) is 15.0. The summed E-state index contributed by atoms with van der Waals surface area (Å²) in [7, 11) is 0. The highest BCUT2D eigenvalue weighted by atomic mass is 35.5. The molecule has 0 saturated carbocycles. The van der Waals surface area contributed by atoms with Gasteiger partial charge < -0.3 is 10.6 Å². The highest BCUT2D eigenvalue weighted by Gasteiger charge is 2.11. The Morgan fingerprint density at radius 3 is 2.56 bits per heavy atom. The van der Waals surface area contributed by atoms with Crippen molar-refractivity contribution in [1.29, 1.82) is 5.26 Å². The van der Waals surface area contributed by atoms with Crippen LogP contribution in [-0.2, 0) is 4.79 Å². The predicted octanol–water partition coefficient (Wildman–Crippen LogP) is 5.31. The summed E-state index contributed by atoms with van der Waals surface area (Å²) in [6.07, 6.45) is 2.44. The van der Waals surface area contributed by atoms with Gasteiger partial charge in [-0.05, 0) is 48.2 Å². The van der Waals surface area contributed by atoms with Crippen LogP contribution >= 0.6 is 11.6 Å². The molecule has 0 aliphatic carbocycles. The monoisotopic (exact) mass is 353 g/mol. The van der Waals surface area contributed by atoms with Gasteiger partial charge in [0.1, 0.15) is 11.6 Å². The van der Waals surface area contributed by atoms with Gasteiger partial charge in [-0.2, -0.15) is 5.26 Å². The molecular formula is C20H20ClN3O. The molecule has 0 aliphatic heterocycles. The second-order valence-corrected chi connectivity index (χ2v) is 6.11. The molecule has 0 heterocycles. The lowest BCUT2D eigenvalue weighted by Gasteiger charge is -2.14. The van der Waals surface area contributed by atoms with Crippen LogP contribution in [0.15, 0.2) is 60.3 Å². The Morgan fingerprint density at radius 2 is 1.92 bits per heavy atom. The van der Waals surface area contributed by atoms with Crippen molar-refractivity contribution in [3.8, 4) is 6.07 Å². The van der Waals surface area contributed by atoms with Gasteiger partial charge in [0.05, 0.1) is 0 Å². The number of benzene rings is 2. The summed E-state index contributed by atoms with van der Waals surface area (Å²) < 4.78 is 0. The van der Waals surface area contributed by atoms with Gasteiger partial charge in [0.15, 0.2) is 0 Å². The molecule has 0 fully saturated rings. The number of nitriles is 1. The van der Waals surface area contributed by atoms with Crippen molar-refractivity contribution in [2.45, 2.75) is 26.2 Å². The van der Waals surface area contributed by atoms with Crippen molar-refractivity contribution in [2.24, 2.45) is 0 Å². The molecule has 2 aromatic carbocycles. The lowest BCUT2D eigenvalue weighted by Crippen LogP contribution is -2.14. The van der Waals surface area contributed by atoms with E-state index in [1.807, 2.05) is 30.3 Å². The van der Waals surface area contributed by atoms with Crippen LogP contribution in [-0.4, -0.2) is 5.91 Å². The first-order valence-electron chi connectivity index (χ1n) is 8.07. The van der Waals surface area contributed by atoms with Crippen LogP contribution in [0.4, 0.5) is 11.4 Å². The van der Waals surface area contributed by atoms with Crippen LogP contribution in [0.3, 0.4) is 0 Å². The van der Waals surface area contributed by atoms with E-state index in [-0.39, 0.29) is 5.57 Å². The number of nitrogens with zero attached hydrogens (tertiary/aromatic N) is 1. The van der Waals surface area contributed by atoms with E-state index in [1.54, 1.807) is 24.3 Å². The zero-order valence-electron chi connectivity index (χ0n) is 14.2. The van der Waals surface area contributed by atoms with Crippen LogP contribution in [0.5, 0.6) is 0 Å². The van der Waals surface area contributed by atoms with Gasteiger partial charge in [-0.15, -0.1) is 0 Å². The van der Waals surface area contributed by atoms with Crippen molar-refractivity contribution >= 4 is 28.9 Å². The lowest BCUT2D eigenvalue weighted by molar-refractivity contribution is -0.112. The molecule has 0 aromatic heterocycles. The molecular weight excluding hydrogens is 334 g/mol. The molecule has 0 saturated heterocycles. The zero-order chi connectivity index (χ0) is 18.2. The first-order chi connectivity index (χ1) is 12.0. The number of carbonyl (C=O) groups is 1. The second-order valence-electron chi connectivity index (χ2n) is 5.67. The van der Waals surface area contributed by atoms with E-state index in [2.05, 4.69) is 24.5 Å². The van der Waals surface area contributed by atoms with E-state index >= 15 is 0 Å². The summed E-state index contributed by atoms with van der Waals surface area (Å²) in [5.41, 5.74) is 2.62. The Hall–Kier alpha value is -2.77. The van der Waals surface area contributed by atoms with Crippen LogP contribution in [0.1, 0.15) is 31.7 Å². The summed E-state index contributed by atoms with van der Waals surface area (Å²) in [5, 5.41) is 15.6. The standard InChI is InChI=1S/C20H20ClN3O/c1-3-14(2)18-6-4-5-7-19(18)23-13-15(12-22)20(25)24-17-10-8-16(21)9-11-17/h4-11,13-14,23H,3H2,1-2H3,(H,24,25)/b15-13-. The van der Waals surface area contributed by atoms with Gasteiger partial charge in [-0.3, -0.25) is 4.79 Å². The number of halogens is 1.